The number of aromatic nitrogens is 2. The Morgan fingerprint density at radius 3 is 2.92 bits per heavy atom. The molecule has 25 heavy (non-hydrogen) atoms. The number of ether oxygens (including phenoxy) is 1. The van der Waals surface area contributed by atoms with Gasteiger partial charge in [0, 0.05) is 44.1 Å². The first-order chi connectivity index (χ1) is 12.0. The van der Waals surface area contributed by atoms with Crippen molar-refractivity contribution in [2.75, 3.05) is 19.6 Å². The third-order valence-corrected chi connectivity index (χ3v) is 4.76. The maximum absolute atomic E-state index is 13.0. The molecule has 6 nitrogen and oxygen atoms in total. The SMILES string of the molecule is CC(Oc1ccc(Cl)cc1Cl)C(=O)N1CCNCC1c1nccn1C. The standard InChI is InChI=1S/C17H20Cl2N4O2/c1-11(25-15-4-3-12(18)9-13(15)19)17(24)23-8-5-20-10-14(23)16-21-6-7-22(16)2/h3-4,6-7,9,11,14,20H,5,8,10H2,1-2H3. The molecule has 1 amide bonds. The number of aryl methyl sites for hydroxylation is 1. The first-order valence-electron chi connectivity index (χ1n) is 8.07. The Morgan fingerprint density at radius 2 is 2.24 bits per heavy atom. The lowest BCUT2D eigenvalue weighted by atomic mass is 10.1. The number of benzene rings is 1. The highest BCUT2D eigenvalue weighted by atomic mass is 35.5. The van der Waals surface area contributed by atoms with Gasteiger partial charge in [-0.15, -0.1) is 0 Å². The van der Waals surface area contributed by atoms with Crippen molar-refractivity contribution in [1.29, 1.82) is 0 Å². The summed E-state index contributed by atoms with van der Waals surface area (Å²) in [7, 11) is 1.92. The quantitative estimate of drug-likeness (QED) is 0.882. The zero-order valence-corrected chi connectivity index (χ0v) is 15.6. The third kappa shape index (κ3) is 3.92. The lowest BCUT2D eigenvalue weighted by Crippen LogP contribution is -2.52. The van der Waals surface area contributed by atoms with Gasteiger partial charge in [-0.2, -0.15) is 0 Å². The Bertz CT molecular complexity index is 765. The highest BCUT2D eigenvalue weighted by molar-refractivity contribution is 6.35. The molecule has 0 saturated carbocycles. The number of halogens is 2. The first kappa shape index (κ1) is 18.0. The van der Waals surface area contributed by atoms with Gasteiger partial charge < -0.3 is 19.5 Å². The number of carbonyl (C=O) groups is 1. The minimum absolute atomic E-state index is 0.0967. The molecule has 1 aliphatic heterocycles. The van der Waals surface area contributed by atoms with Gasteiger partial charge in [0.25, 0.3) is 5.91 Å². The Labute approximate surface area is 156 Å². The molecule has 2 aromatic rings. The highest BCUT2D eigenvalue weighted by Crippen LogP contribution is 2.29. The number of rotatable bonds is 4. The minimum Gasteiger partial charge on any atom is -0.479 e. The van der Waals surface area contributed by atoms with Gasteiger partial charge in [-0.3, -0.25) is 4.79 Å². The summed E-state index contributed by atoms with van der Waals surface area (Å²) in [4.78, 5) is 19.2. The number of imidazole rings is 1. The molecule has 1 N–H and O–H groups in total. The van der Waals surface area contributed by atoms with Crippen molar-refractivity contribution in [3.8, 4) is 5.75 Å². The fourth-order valence-electron chi connectivity index (χ4n) is 2.94. The van der Waals surface area contributed by atoms with Gasteiger partial charge in [0.05, 0.1) is 5.02 Å². The molecule has 0 aliphatic carbocycles. The number of piperazine rings is 1. The van der Waals surface area contributed by atoms with Crippen molar-refractivity contribution in [2.24, 2.45) is 7.05 Å². The topological polar surface area (TPSA) is 59.4 Å². The van der Waals surface area contributed by atoms with E-state index >= 15 is 0 Å². The van der Waals surface area contributed by atoms with Crippen LogP contribution in [-0.4, -0.2) is 46.1 Å². The summed E-state index contributed by atoms with van der Waals surface area (Å²) < 4.78 is 7.71. The molecule has 0 radical (unpaired) electrons. The molecule has 3 rings (SSSR count). The van der Waals surface area contributed by atoms with E-state index in [0.29, 0.717) is 28.9 Å². The molecule has 8 heteroatoms. The van der Waals surface area contributed by atoms with Crippen LogP contribution in [0.1, 0.15) is 18.8 Å². The smallest absolute Gasteiger partial charge is 0.264 e. The summed E-state index contributed by atoms with van der Waals surface area (Å²) in [6.07, 6.45) is 2.94. The summed E-state index contributed by atoms with van der Waals surface area (Å²) >= 11 is 12.0. The Balaban J connectivity index is 1.76. The zero-order chi connectivity index (χ0) is 18.0. The van der Waals surface area contributed by atoms with Crippen molar-refractivity contribution in [2.45, 2.75) is 19.1 Å². The van der Waals surface area contributed by atoms with Crippen molar-refractivity contribution < 1.29 is 9.53 Å². The predicted octanol–water partition coefficient (Wildman–Crippen LogP) is 2.67. The Hall–Kier alpha value is -1.76. The van der Waals surface area contributed by atoms with E-state index in [-0.39, 0.29) is 11.9 Å². The zero-order valence-electron chi connectivity index (χ0n) is 14.1. The van der Waals surface area contributed by atoms with E-state index < -0.39 is 6.10 Å². The van der Waals surface area contributed by atoms with Gasteiger partial charge in [0.2, 0.25) is 0 Å². The minimum atomic E-state index is -0.667. The number of nitrogens with zero attached hydrogens (tertiary/aromatic N) is 3. The van der Waals surface area contributed by atoms with Gasteiger partial charge in [0.15, 0.2) is 6.10 Å². The highest BCUT2D eigenvalue weighted by Gasteiger charge is 2.33. The van der Waals surface area contributed by atoms with Crippen LogP contribution < -0.4 is 10.1 Å². The fourth-order valence-corrected chi connectivity index (χ4v) is 3.40. The lowest BCUT2D eigenvalue weighted by Gasteiger charge is -2.37. The number of amides is 1. The van der Waals surface area contributed by atoms with Crippen LogP contribution in [0.3, 0.4) is 0 Å². The van der Waals surface area contributed by atoms with Crippen LogP contribution in [0.15, 0.2) is 30.6 Å². The molecule has 0 bridgehead atoms. The molecule has 2 atom stereocenters. The van der Waals surface area contributed by atoms with Gasteiger partial charge >= 0.3 is 0 Å². The van der Waals surface area contributed by atoms with Gasteiger partial charge in [-0.1, -0.05) is 23.2 Å². The van der Waals surface area contributed by atoms with E-state index in [1.54, 1.807) is 31.3 Å². The second kappa shape index (κ2) is 7.64. The molecule has 1 fully saturated rings. The van der Waals surface area contributed by atoms with Crippen molar-refractivity contribution in [3.63, 3.8) is 0 Å². The molecular formula is C17H20Cl2N4O2. The Morgan fingerprint density at radius 1 is 1.44 bits per heavy atom. The number of nitrogens with one attached hydrogen (secondary N) is 1. The van der Waals surface area contributed by atoms with E-state index in [2.05, 4.69) is 10.3 Å². The van der Waals surface area contributed by atoms with Crippen LogP contribution in [0.2, 0.25) is 10.0 Å². The van der Waals surface area contributed by atoms with Crippen molar-refractivity contribution >= 4 is 29.1 Å². The number of hydrogen-bond acceptors (Lipinski definition) is 4. The summed E-state index contributed by atoms with van der Waals surface area (Å²) in [5.74, 6) is 1.19. The maximum Gasteiger partial charge on any atom is 0.264 e. The van der Waals surface area contributed by atoms with Gasteiger partial charge in [-0.25, -0.2) is 4.98 Å². The van der Waals surface area contributed by atoms with Crippen LogP contribution >= 0.6 is 23.2 Å². The van der Waals surface area contributed by atoms with Crippen LogP contribution in [0, 0.1) is 0 Å². The Kier molecular flexibility index (Phi) is 5.51. The van der Waals surface area contributed by atoms with E-state index in [9.17, 15) is 4.79 Å². The fraction of sp³-hybridized carbons (Fsp3) is 0.412. The van der Waals surface area contributed by atoms with Gasteiger partial charge in [-0.05, 0) is 25.1 Å². The summed E-state index contributed by atoms with van der Waals surface area (Å²) in [5.41, 5.74) is 0. The second-order valence-corrected chi connectivity index (χ2v) is 6.83. The number of carbonyl (C=O) groups excluding carboxylic acids is 1. The summed E-state index contributed by atoms with van der Waals surface area (Å²) in [5, 5.41) is 4.22. The largest absolute Gasteiger partial charge is 0.479 e. The monoisotopic (exact) mass is 382 g/mol. The van der Waals surface area contributed by atoms with Crippen molar-refractivity contribution in [1.82, 2.24) is 19.8 Å². The molecule has 0 spiro atoms. The van der Waals surface area contributed by atoms with Crippen LogP contribution in [0.5, 0.6) is 5.75 Å². The second-order valence-electron chi connectivity index (χ2n) is 5.98. The molecular weight excluding hydrogens is 363 g/mol. The van der Waals surface area contributed by atoms with Gasteiger partial charge in [0.1, 0.15) is 17.6 Å². The lowest BCUT2D eigenvalue weighted by molar-refractivity contribution is -0.141. The van der Waals surface area contributed by atoms with Crippen molar-refractivity contribution in [3.05, 3.63) is 46.5 Å². The molecule has 1 saturated heterocycles. The average Bonchev–Trinajstić information content (AvgIpc) is 3.02. The van der Waals surface area contributed by atoms with E-state index in [1.807, 2.05) is 22.7 Å². The van der Waals surface area contributed by atoms with E-state index in [4.69, 9.17) is 27.9 Å². The maximum atomic E-state index is 13.0. The summed E-state index contributed by atoms with van der Waals surface area (Å²) in [6.45, 7) is 3.72. The normalized spacial score (nSPS) is 18.9. The van der Waals surface area contributed by atoms with Crippen LogP contribution in [0.25, 0.3) is 0 Å². The van der Waals surface area contributed by atoms with E-state index in [1.165, 1.54) is 0 Å². The molecule has 2 heterocycles. The molecule has 1 aromatic heterocycles. The molecule has 134 valence electrons. The third-order valence-electron chi connectivity index (χ3n) is 4.23. The molecule has 2 unspecified atom stereocenters. The molecule has 1 aliphatic rings. The predicted molar refractivity (Wildman–Crippen MR) is 97.1 cm³/mol. The van der Waals surface area contributed by atoms with E-state index in [0.717, 1.165) is 12.4 Å². The van der Waals surface area contributed by atoms with Crippen LogP contribution in [0.4, 0.5) is 0 Å². The summed E-state index contributed by atoms with van der Waals surface area (Å²) in [6, 6.07) is 4.81. The average molecular weight is 383 g/mol. The first-order valence-corrected chi connectivity index (χ1v) is 8.83. The van der Waals surface area contributed by atoms with Crippen LogP contribution in [-0.2, 0) is 11.8 Å². The molecule has 1 aromatic carbocycles. The number of hydrogen-bond donors (Lipinski definition) is 1.